The SMILES string of the molecule is Cc1cc(Cn2[nH]c(=O)c3cccc(C)c3c2=O)cc2c(=O)n(C)[nH]c(=O)c12. The number of fused-ring (bicyclic) bond motifs is 2. The third-order valence-electron chi connectivity index (χ3n) is 4.98. The molecule has 0 aliphatic carbocycles. The van der Waals surface area contributed by atoms with Gasteiger partial charge in [-0.1, -0.05) is 18.2 Å². The van der Waals surface area contributed by atoms with E-state index in [9.17, 15) is 19.2 Å². The third-order valence-corrected chi connectivity index (χ3v) is 4.98. The Kier molecular flexibility index (Phi) is 3.92. The maximum absolute atomic E-state index is 12.9. The second kappa shape index (κ2) is 6.19. The van der Waals surface area contributed by atoms with Crippen LogP contribution in [0.25, 0.3) is 21.5 Å². The Bertz CT molecular complexity index is 1500. The van der Waals surface area contributed by atoms with E-state index in [-0.39, 0.29) is 34.2 Å². The van der Waals surface area contributed by atoms with E-state index in [1.807, 2.05) is 0 Å². The van der Waals surface area contributed by atoms with Crippen molar-refractivity contribution in [3.8, 4) is 0 Å². The predicted octanol–water partition coefficient (Wildman–Crippen LogP) is 0.895. The topological polar surface area (TPSA) is 110 Å². The molecular weight excluding hydrogens is 360 g/mol. The van der Waals surface area contributed by atoms with Crippen LogP contribution in [0.4, 0.5) is 0 Å². The number of aryl methyl sites for hydroxylation is 3. The van der Waals surface area contributed by atoms with Gasteiger partial charge in [0.15, 0.2) is 0 Å². The van der Waals surface area contributed by atoms with Crippen molar-refractivity contribution in [3.63, 3.8) is 0 Å². The molecule has 4 rings (SSSR count). The third kappa shape index (κ3) is 2.61. The molecule has 28 heavy (non-hydrogen) atoms. The summed E-state index contributed by atoms with van der Waals surface area (Å²) in [5.74, 6) is 0. The number of nitrogens with zero attached hydrogens (tertiary/aromatic N) is 2. The Morgan fingerprint density at radius 3 is 2.32 bits per heavy atom. The number of benzene rings is 2. The molecule has 2 N–H and O–H groups in total. The number of hydrogen-bond donors (Lipinski definition) is 2. The van der Waals surface area contributed by atoms with Gasteiger partial charge < -0.3 is 0 Å². The number of aromatic nitrogens is 4. The van der Waals surface area contributed by atoms with E-state index in [0.717, 1.165) is 10.2 Å². The fourth-order valence-corrected chi connectivity index (χ4v) is 3.67. The van der Waals surface area contributed by atoms with Crippen molar-refractivity contribution in [2.75, 3.05) is 0 Å². The van der Waals surface area contributed by atoms with E-state index in [4.69, 9.17) is 0 Å². The van der Waals surface area contributed by atoms with E-state index in [0.29, 0.717) is 27.3 Å². The second-order valence-corrected chi connectivity index (χ2v) is 6.97. The van der Waals surface area contributed by atoms with Gasteiger partial charge in [0.2, 0.25) is 0 Å². The Hall–Kier alpha value is -3.68. The molecule has 0 spiro atoms. The van der Waals surface area contributed by atoms with Crippen LogP contribution in [0.2, 0.25) is 0 Å². The summed E-state index contributed by atoms with van der Waals surface area (Å²) in [7, 11) is 1.47. The van der Waals surface area contributed by atoms with E-state index < -0.39 is 0 Å². The Labute approximate surface area is 157 Å². The summed E-state index contributed by atoms with van der Waals surface area (Å²) >= 11 is 0. The van der Waals surface area contributed by atoms with Crippen LogP contribution in [0.1, 0.15) is 16.7 Å². The first-order valence-corrected chi connectivity index (χ1v) is 8.73. The molecule has 8 nitrogen and oxygen atoms in total. The monoisotopic (exact) mass is 378 g/mol. The maximum Gasteiger partial charge on any atom is 0.273 e. The molecule has 0 aliphatic heterocycles. The minimum absolute atomic E-state index is 0.0745. The van der Waals surface area contributed by atoms with Gasteiger partial charge in [-0.3, -0.25) is 34.1 Å². The first kappa shape index (κ1) is 17.7. The molecule has 0 saturated carbocycles. The standard InChI is InChI=1S/C20H18N4O4/c1-10-5-4-6-13-16(10)20(28)24(22-17(13)25)9-12-7-11(2)15-14(8-12)19(27)23(3)21-18(15)26/h4-8H,9H2,1-3H3,(H,21,26)(H,22,25). The number of nitrogens with one attached hydrogen (secondary N) is 2. The molecule has 0 fully saturated rings. The van der Waals surface area contributed by atoms with E-state index in [2.05, 4.69) is 10.2 Å². The summed E-state index contributed by atoms with van der Waals surface area (Å²) in [5, 5.41) is 6.39. The van der Waals surface area contributed by atoms with Gasteiger partial charge >= 0.3 is 0 Å². The highest BCUT2D eigenvalue weighted by molar-refractivity contribution is 5.85. The predicted molar refractivity (Wildman–Crippen MR) is 107 cm³/mol. The molecule has 2 aromatic carbocycles. The summed E-state index contributed by atoms with van der Waals surface area (Å²) in [6.45, 7) is 3.59. The average Bonchev–Trinajstić information content (AvgIpc) is 2.63. The van der Waals surface area contributed by atoms with Crippen LogP contribution >= 0.6 is 0 Å². The molecule has 8 heteroatoms. The summed E-state index contributed by atoms with van der Waals surface area (Å²) < 4.78 is 2.36. The van der Waals surface area contributed by atoms with Gasteiger partial charge in [-0.15, -0.1) is 0 Å². The molecular formula is C20H18N4O4. The first-order chi connectivity index (χ1) is 13.3. The van der Waals surface area contributed by atoms with Crippen molar-refractivity contribution in [2.45, 2.75) is 20.4 Å². The molecule has 0 bridgehead atoms. The Morgan fingerprint density at radius 2 is 1.57 bits per heavy atom. The van der Waals surface area contributed by atoms with Crippen molar-refractivity contribution >= 4 is 21.5 Å². The van der Waals surface area contributed by atoms with Gasteiger partial charge in [-0.25, -0.2) is 4.68 Å². The van der Waals surface area contributed by atoms with E-state index >= 15 is 0 Å². The zero-order valence-corrected chi connectivity index (χ0v) is 15.6. The van der Waals surface area contributed by atoms with E-state index in [1.54, 1.807) is 44.2 Å². The normalized spacial score (nSPS) is 11.4. The van der Waals surface area contributed by atoms with Crippen molar-refractivity contribution in [1.29, 1.82) is 0 Å². The number of rotatable bonds is 2. The Balaban J connectivity index is 1.96. The molecule has 2 aromatic heterocycles. The summed E-state index contributed by atoms with van der Waals surface area (Å²) in [6.07, 6.45) is 0. The molecule has 0 unspecified atom stereocenters. The molecule has 142 valence electrons. The lowest BCUT2D eigenvalue weighted by Gasteiger charge is -2.11. The fourth-order valence-electron chi connectivity index (χ4n) is 3.67. The lowest BCUT2D eigenvalue weighted by molar-refractivity contribution is 0.636. The van der Waals surface area contributed by atoms with Crippen molar-refractivity contribution in [2.24, 2.45) is 7.05 Å². The molecule has 0 aliphatic rings. The van der Waals surface area contributed by atoms with Gasteiger partial charge in [-0.2, -0.15) is 0 Å². The zero-order chi connectivity index (χ0) is 20.2. The van der Waals surface area contributed by atoms with Crippen LogP contribution in [0.3, 0.4) is 0 Å². The molecule has 2 heterocycles. The minimum Gasteiger partial charge on any atom is -0.267 e. The second-order valence-electron chi connectivity index (χ2n) is 6.97. The smallest absolute Gasteiger partial charge is 0.267 e. The molecule has 0 radical (unpaired) electrons. The number of aromatic amines is 2. The lowest BCUT2D eigenvalue weighted by Crippen LogP contribution is -2.31. The summed E-state index contributed by atoms with van der Waals surface area (Å²) in [6, 6.07) is 8.46. The molecule has 0 atom stereocenters. The van der Waals surface area contributed by atoms with Crippen molar-refractivity contribution < 1.29 is 0 Å². The highest BCUT2D eigenvalue weighted by Crippen LogP contribution is 2.15. The number of H-pyrrole nitrogens is 2. The quantitative estimate of drug-likeness (QED) is 0.540. The largest absolute Gasteiger partial charge is 0.273 e. The molecule has 0 amide bonds. The van der Waals surface area contributed by atoms with Gasteiger partial charge in [0, 0.05) is 7.05 Å². The summed E-state index contributed by atoms with van der Waals surface area (Å²) in [4.78, 5) is 50.0. The fraction of sp³-hybridized carbons (Fsp3) is 0.200. The lowest BCUT2D eigenvalue weighted by atomic mass is 10.0. The van der Waals surface area contributed by atoms with Gasteiger partial charge in [0.1, 0.15) is 0 Å². The average molecular weight is 378 g/mol. The zero-order valence-electron chi connectivity index (χ0n) is 15.6. The summed E-state index contributed by atoms with van der Waals surface area (Å²) in [5.41, 5.74) is 0.616. The van der Waals surface area contributed by atoms with Crippen LogP contribution in [-0.4, -0.2) is 19.6 Å². The maximum atomic E-state index is 12.9. The highest BCUT2D eigenvalue weighted by atomic mass is 16.2. The molecule has 0 saturated heterocycles. The van der Waals surface area contributed by atoms with Gasteiger partial charge in [0.05, 0.1) is 28.1 Å². The van der Waals surface area contributed by atoms with Crippen LogP contribution in [0.5, 0.6) is 0 Å². The van der Waals surface area contributed by atoms with Crippen LogP contribution in [0.15, 0.2) is 49.5 Å². The minimum atomic E-state index is -0.358. The highest BCUT2D eigenvalue weighted by Gasteiger charge is 2.13. The first-order valence-electron chi connectivity index (χ1n) is 8.73. The van der Waals surface area contributed by atoms with Crippen LogP contribution in [-0.2, 0) is 13.6 Å². The van der Waals surface area contributed by atoms with Gasteiger partial charge in [0.25, 0.3) is 22.2 Å². The van der Waals surface area contributed by atoms with Gasteiger partial charge in [-0.05, 0) is 42.7 Å². The van der Waals surface area contributed by atoms with Crippen molar-refractivity contribution in [1.82, 2.24) is 19.6 Å². The van der Waals surface area contributed by atoms with Crippen molar-refractivity contribution in [3.05, 3.63) is 88.4 Å². The van der Waals surface area contributed by atoms with Crippen LogP contribution < -0.4 is 22.2 Å². The number of hydrogen-bond acceptors (Lipinski definition) is 4. The van der Waals surface area contributed by atoms with Crippen LogP contribution in [0, 0.1) is 13.8 Å². The Morgan fingerprint density at radius 1 is 0.821 bits per heavy atom. The molecule has 4 aromatic rings. The van der Waals surface area contributed by atoms with E-state index in [1.165, 1.54) is 11.7 Å².